The summed E-state index contributed by atoms with van der Waals surface area (Å²) in [5, 5.41) is 18.1. The van der Waals surface area contributed by atoms with E-state index in [9.17, 15) is 9.90 Å². The summed E-state index contributed by atoms with van der Waals surface area (Å²) in [5.41, 5.74) is 4.39. The second kappa shape index (κ2) is 3.63. The number of aromatic nitrogens is 1. The summed E-state index contributed by atoms with van der Waals surface area (Å²) >= 11 is 0. The summed E-state index contributed by atoms with van der Waals surface area (Å²) in [5.74, 6) is -1.16. The van der Waals surface area contributed by atoms with E-state index in [2.05, 4.69) is 4.98 Å². The van der Waals surface area contributed by atoms with Crippen molar-refractivity contribution in [2.75, 3.05) is 0 Å². The van der Waals surface area contributed by atoms with Crippen molar-refractivity contribution in [3.8, 4) is 5.75 Å². The fraction of sp³-hybridized carbons (Fsp3) is 0.333. The average Bonchev–Trinajstić information content (AvgIpc) is 2.08. The predicted molar refractivity (Wildman–Crippen MR) is 49.8 cm³/mol. The number of nitrogens with zero attached hydrogens (tertiary/aromatic N) is 1. The molecule has 0 aliphatic carbocycles. The van der Waals surface area contributed by atoms with E-state index < -0.39 is 11.5 Å². The van der Waals surface area contributed by atoms with Crippen molar-refractivity contribution in [1.29, 1.82) is 0 Å². The Morgan fingerprint density at radius 1 is 1.71 bits per heavy atom. The number of hydrogen-bond donors (Lipinski definition) is 3. The predicted octanol–water partition coefficient (Wildman–Crippen LogP) is 0.132. The van der Waals surface area contributed by atoms with Crippen LogP contribution in [0.25, 0.3) is 0 Å². The van der Waals surface area contributed by atoms with Gasteiger partial charge in [0, 0.05) is 12.6 Å². The minimum absolute atomic E-state index is 0.00495. The third-order valence-electron chi connectivity index (χ3n) is 1.89. The van der Waals surface area contributed by atoms with Crippen molar-refractivity contribution < 1.29 is 15.0 Å². The number of pyridine rings is 1. The molecule has 0 amide bonds. The zero-order chi connectivity index (χ0) is 10.8. The van der Waals surface area contributed by atoms with Crippen LogP contribution >= 0.6 is 0 Å². The van der Waals surface area contributed by atoms with Gasteiger partial charge in [0.1, 0.15) is 11.3 Å². The number of rotatable bonds is 3. The normalized spacial score (nSPS) is 14.7. The fourth-order valence-electron chi connectivity index (χ4n) is 0.989. The standard InChI is InChI=1S/C9H12N2O3/c1-9(10,8(13)14)5-6-7(12)3-2-4-11-6/h2-4,12H,5,10H2,1H3,(H,13,14). The van der Waals surface area contributed by atoms with E-state index in [1.165, 1.54) is 19.2 Å². The molecule has 0 aliphatic rings. The van der Waals surface area contributed by atoms with E-state index in [4.69, 9.17) is 10.8 Å². The van der Waals surface area contributed by atoms with Crippen LogP contribution in [0.3, 0.4) is 0 Å². The maximum atomic E-state index is 10.7. The van der Waals surface area contributed by atoms with E-state index in [0.717, 1.165) is 0 Å². The monoisotopic (exact) mass is 196 g/mol. The van der Waals surface area contributed by atoms with Gasteiger partial charge in [0.15, 0.2) is 0 Å². The van der Waals surface area contributed by atoms with Crippen LogP contribution < -0.4 is 5.73 Å². The lowest BCUT2D eigenvalue weighted by atomic mass is 9.97. The molecular formula is C9H12N2O3. The molecule has 0 spiro atoms. The zero-order valence-electron chi connectivity index (χ0n) is 7.77. The molecule has 0 aromatic carbocycles. The van der Waals surface area contributed by atoms with Gasteiger partial charge in [-0.05, 0) is 19.1 Å². The van der Waals surface area contributed by atoms with Crippen LogP contribution in [0.15, 0.2) is 18.3 Å². The van der Waals surface area contributed by atoms with Gasteiger partial charge in [-0.3, -0.25) is 9.78 Å². The zero-order valence-corrected chi connectivity index (χ0v) is 7.77. The number of hydrogen-bond acceptors (Lipinski definition) is 4. The van der Waals surface area contributed by atoms with Gasteiger partial charge in [0.05, 0.1) is 5.69 Å². The Labute approximate surface area is 81.2 Å². The van der Waals surface area contributed by atoms with Gasteiger partial charge in [-0.25, -0.2) is 0 Å². The molecule has 1 heterocycles. The van der Waals surface area contributed by atoms with E-state index >= 15 is 0 Å². The van der Waals surface area contributed by atoms with Crippen molar-refractivity contribution in [3.05, 3.63) is 24.0 Å². The second-order valence-corrected chi connectivity index (χ2v) is 3.37. The van der Waals surface area contributed by atoms with E-state index in [0.29, 0.717) is 5.69 Å². The topological polar surface area (TPSA) is 96.4 Å². The minimum Gasteiger partial charge on any atom is -0.506 e. The lowest BCUT2D eigenvalue weighted by Crippen LogP contribution is -2.47. The Morgan fingerprint density at radius 3 is 2.86 bits per heavy atom. The number of aliphatic carboxylic acids is 1. The van der Waals surface area contributed by atoms with Crippen molar-refractivity contribution in [2.45, 2.75) is 18.9 Å². The molecule has 0 aliphatic heterocycles. The molecule has 0 radical (unpaired) electrons. The van der Waals surface area contributed by atoms with Gasteiger partial charge in [0.25, 0.3) is 0 Å². The summed E-state index contributed by atoms with van der Waals surface area (Å²) in [6.07, 6.45) is 1.47. The molecule has 0 fully saturated rings. The fourth-order valence-corrected chi connectivity index (χ4v) is 0.989. The molecule has 1 unspecified atom stereocenters. The Bertz CT molecular complexity index is 350. The molecule has 0 saturated carbocycles. The molecule has 1 atom stereocenters. The maximum absolute atomic E-state index is 10.7. The largest absolute Gasteiger partial charge is 0.506 e. The first-order valence-corrected chi connectivity index (χ1v) is 4.08. The number of carboxylic acids is 1. The first-order valence-electron chi connectivity index (χ1n) is 4.08. The van der Waals surface area contributed by atoms with Crippen molar-refractivity contribution in [3.63, 3.8) is 0 Å². The third-order valence-corrected chi connectivity index (χ3v) is 1.89. The summed E-state index contributed by atoms with van der Waals surface area (Å²) < 4.78 is 0. The molecule has 14 heavy (non-hydrogen) atoms. The molecule has 4 N–H and O–H groups in total. The van der Waals surface area contributed by atoms with Gasteiger partial charge in [-0.1, -0.05) is 0 Å². The van der Waals surface area contributed by atoms with Gasteiger partial charge < -0.3 is 15.9 Å². The lowest BCUT2D eigenvalue weighted by molar-refractivity contribution is -0.142. The molecule has 0 saturated heterocycles. The first-order chi connectivity index (χ1) is 6.43. The van der Waals surface area contributed by atoms with Gasteiger partial charge in [-0.2, -0.15) is 0 Å². The Morgan fingerprint density at radius 2 is 2.36 bits per heavy atom. The van der Waals surface area contributed by atoms with Crippen LogP contribution in [0.4, 0.5) is 0 Å². The highest BCUT2D eigenvalue weighted by atomic mass is 16.4. The highest BCUT2D eigenvalue weighted by Crippen LogP contribution is 2.17. The molecule has 1 aromatic heterocycles. The summed E-state index contributed by atoms with van der Waals surface area (Å²) in [6.45, 7) is 1.38. The quantitative estimate of drug-likeness (QED) is 0.638. The maximum Gasteiger partial charge on any atom is 0.323 e. The summed E-state index contributed by atoms with van der Waals surface area (Å²) in [4.78, 5) is 14.6. The Hall–Kier alpha value is -1.62. The molecule has 5 nitrogen and oxygen atoms in total. The summed E-state index contributed by atoms with van der Waals surface area (Å²) in [7, 11) is 0. The molecule has 76 valence electrons. The second-order valence-electron chi connectivity index (χ2n) is 3.37. The van der Waals surface area contributed by atoms with Crippen LogP contribution in [0.5, 0.6) is 5.75 Å². The molecule has 5 heteroatoms. The van der Waals surface area contributed by atoms with Crippen LogP contribution in [0.1, 0.15) is 12.6 Å². The molecular weight excluding hydrogens is 184 g/mol. The van der Waals surface area contributed by atoms with E-state index in [1.54, 1.807) is 6.07 Å². The SMILES string of the molecule is CC(N)(Cc1ncccc1O)C(=O)O. The number of aromatic hydroxyl groups is 1. The highest BCUT2D eigenvalue weighted by molar-refractivity contribution is 5.78. The smallest absolute Gasteiger partial charge is 0.323 e. The van der Waals surface area contributed by atoms with Gasteiger partial charge in [-0.15, -0.1) is 0 Å². The van der Waals surface area contributed by atoms with E-state index in [1.807, 2.05) is 0 Å². The first kappa shape index (κ1) is 10.5. The average molecular weight is 196 g/mol. The molecule has 1 rings (SSSR count). The number of nitrogens with two attached hydrogens (primary N) is 1. The van der Waals surface area contributed by atoms with Crippen molar-refractivity contribution in [1.82, 2.24) is 4.98 Å². The summed E-state index contributed by atoms with van der Waals surface area (Å²) in [6, 6.07) is 3.01. The van der Waals surface area contributed by atoms with Gasteiger partial charge in [0.2, 0.25) is 0 Å². The third kappa shape index (κ3) is 2.20. The number of carboxylic acid groups (broad SMARTS) is 1. The van der Waals surface area contributed by atoms with Gasteiger partial charge >= 0.3 is 5.97 Å². The van der Waals surface area contributed by atoms with Crippen molar-refractivity contribution >= 4 is 5.97 Å². The molecule has 0 bridgehead atoms. The van der Waals surface area contributed by atoms with Crippen molar-refractivity contribution in [2.24, 2.45) is 5.73 Å². The van der Waals surface area contributed by atoms with Crippen LogP contribution in [0.2, 0.25) is 0 Å². The van der Waals surface area contributed by atoms with E-state index in [-0.39, 0.29) is 12.2 Å². The number of carbonyl (C=O) groups is 1. The molecule has 1 aromatic rings. The lowest BCUT2D eigenvalue weighted by Gasteiger charge is -2.18. The minimum atomic E-state index is -1.41. The Kier molecular flexibility index (Phi) is 2.71. The van der Waals surface area contributed by atoms with Crippen LogP contribution in [0, 0.1) is 0 Å². The van der Waals surface area contributed by atoms with Crippen LogP contribution in [-0.2, 0) is 11.2 Å². The van der Waals surface area contributed by atoms with Crippen LogP contribution in [-0.4, -0.2) is 26.7 Å². The highest BCUT2D eigenvalue weighted by Gasteiger charge is 2.29. The Balaban J connectivity index is 2.89.